The van der Waals surface area contributed by atoms with E-state index in [4.69, 9.17) is 18.9 Å². The number of carbonyl (C=O) groups is 2. The van der Waals surface area contributed by atoms with Crippen molar-refractivity contribution in [2.75, 3.05) is 6.61 Å². The zero-order chi connectivity index (χ0) is 11.1. The standard InChI is InChI=1S/C10H12O6/c11-9-13-4-8(16-9)5-1-2-6-7(3-5)15-10(12)14-6/h5-8H,1-4H2. The van der Waals surface area contributed by atoms with Crippen LogP contribution in [0.1, 0.15) is 19.3 Å². The van der Waals surface area contributed by atoms with Gasteiger partial charge in [0.2, 0.25) is 0 Å². The molecule has 4 atom stereocenters. The number of hydrogen-bond acceptors (Lipinski definition) is 6. The summed E-state index contributed by atoms with van der Waals surface area (Å²) in [4.78, 5) is 21.8. The van der Waals surface area contributed by atoms with Gasteiger partial charge in [0.15, 0.2) is 0 Å². The Morgan fingerprint density at radius 3 is 2.38 bits per heavy atom. The fourth-order valence-corrected chi connectivity index (χ4v) is 2.58. The lowest BCUT2D eigenvalue weighted by Crippen LogP contribution is -2.37. The minimum Gasteiger partial charge on any atom is -0.430 e. The van der Waals surface area contributed by atoms with E-state index in [0.717, 1.165) is 12.8 Å². The van der Waals surface area contributed by atoms with E-state index < -0.39 is 12.3 Å². The molecule has 3 fully saturated rings. The summed E-state index contributed by atoms with van der Waals surface area (Å²) in [6, 6.07) is 0. The second-order valence-corrected chi connectivity index (χ2v) is 4.35. The summed E-state index contributed by atoms with van der Waals surface area (Å²) in [7, 11) is 0. The van der Waals surface area contributed by atoms with Crippen LogP contribution < -0.4 is 0 Å². The number of hydrogen-bond donors (Lipinski definition) is 0. The van der Waals surface area contributed by atoms with Crippen LogP contribution in [-0.2, 0) is 18.9 Å². The molecule has 0 aromatic rings. The van der Waals surface area contributed by atoms with Gasteiger partial charge in [0.1, 0.15) is 24.9 Å². The molecule has 2 aliphatic heterocycles. The van der Waals surface area contributed by atoms with Crippen molar-refractivity contribution in [2.24, 2.45) is 5.92 Å². The zero-order valence-electron chi connectivity index (χ0n) is 8.59. The van der Waals surface area contributed by atoms with Gasteiger partial charge in [-0.2, -0.15) is 0 Å². The minimum absolute atomic E-state index is 0.123. The molecule has 3 aliphatic rings. The summed E-state index contributed by atoms with van der Waals surface area (Å²) in [6.07, 6.45) is 0.591. The predicted molar refractivity (Wildman–Crippen MR) is 48.7 cm³/mol. The third kappa shape index (κ3) is 1.58. The molecule has 0 N–H and O–H groups in total. The van der Waals surface area contributed by atoms with Crippen molar-refractivity contribution in [1.29, 1.82) is 0 Å². The number of carbonyl (C=O) groups excluding carboxylic acids is 2. The molecule has 6 heteroatoms. The second-order valence-electron chi connectivity index (χ2n) is 4.35. The summed E-state index contributed by atoms with van der Waals surface area (Å²) in [5, 5.41) is 0. The van der Waals surface area contributed by atoms with Gasteiger partial charge in [0, 0.05) is 5.92 Å². The maximum Gasteiger partial charge on any atom is 0.509 e. The van der Waals surface area contributed by atoms with E-state index in [-0.39, 0.29) is 24.2 Å². The summed E-state index contributed by atoms with van der Waals surface area (Å²) in [5.74, 6) is 0.196. The average molecular weight is 228 g/mol. The third-order valence-corrected chi connectivity index (χ3v) is 3.41. The van der Waals surface area contributed by atoms with E-state index in [9.17, 15) is 9.59 Å². The summed E-state index contributed by atoms with van der Waals surface area (Å²) in [5.41, 5.74) is 0. The summed E-state index contributed by atoms with van der Waals surface area (Å²) >= 11 is 0. The molecule has 1 aliphatic carbocycles. The van der Waals surface area contributed by atoms with Crippen molar-refractivity contribution in [1.82, 2.24) is 0 Å². The fraction of sp³-hybridized carbons (Fsp3) is 0.800. The van der Waals surface area contributed by atoms with E-state index in [1.807, 2.05) is 0 Å². The van der Waals surface area contributed by atoms with Crippen molar-refractivity contribution >= 4 is 12.3 Å². The Morgan fingerprint density at radius 2 is 1.62 bits per heavy atom. The zero-order valence-corrected chi connectivity index (χ0v) is 8.59. The van der Waals surface area contributed by atoms with E-state index in [1.54, 1.807) is 0 Å². The van der Waals surface area contributed by atoms with Crippen LogP contribution in [0.15, 0.2) is 0 Å². The van der Waals surface area contributed by atoms with Gasteiger partial charge in [0.25, 0.3) is 0 Å². The van der Waals surface area contributed by atoms with Crippen molar-refractivity contribution in [3.05, 3.63) is 0 Å². The van der Waals surface area contributed by atoms with Gasteiger partial charge in [0.05, 0.1) is 0 Å². The highest BCUT2D eigenvalue weighted by atomic mass is 16.8. The monoisotopic (exact) mass is 228 g/mol. The molecule has 0 amide bonds. The van der Waals surface area contributed by atoms with Crippen LogP contribution in [-0.4, -0.2) is 37.2 Å². The first-order valence-electron chi connectivity index (χ1n) is 5.43. The maximum atomic E-state index is 10.9. The molecule has 4 unspecified atom stereocenters. The molecular formula is C10H12O6. The van der Waals surface area contributed by atoms with Gasteiger partial charge in [-0.25, -0.2) is 9.59 Å². The first-order valence-corrected chi connectivity index (χ1v) is 5.43. The van der Waals surface area contributed by atoms with Crippen molar-refractivity contribution in [3.8, 4) is 0 Å². The molecule has 0 aromatic carbocycles. The van der Waals surface area contributed by atoms with Gasteiger partial charge < -0.3 is 18.9 Å². The quantitative estimate of drug-likeness (QED) is 0.628. The summed E-state index contributed by atoms with van der Waals surface area (Å²) < 4.78 is 19.8. The Balaban J connectivity index is 1.63. The highest BCUT2D eigenvalue weighted by Crippen LogP contribution is 2.36. The number of fused-ring (bicyclic) bond motifs is 1. The lowest BCUT2D eigenvalue weighted by molar-refractivity contribution is 0.0277. The van der Waals surface area contributed by atoms with Crippen LogP contribution >= 0.6 is 0 Å². The Hall–Kier alpha value is -1.46. The Labute approximate surface area is 91.8 Å². The number of cyclic esters (lactones) is 2. The van der Waals surface area contributed by atoms with Crippen LogP contribution in [0, 0.1) is 5.92 Å². The second kappa shape index (κ2) is 3.54. The Bertz CT molecular complexity index is 327. The van der Waals surface area contributed by atoms with E-state index in [0.29, 0.717) is 13.0 Å². The molecular weight excluding hydrogens is 216 g/mol. The lowest BCUT2D eigenvalue weighted by Gasteiger charge is -2.29. The largest absolute Gasteiger partial charge is 0.509 e. The normalized spacial score (nSPS) is 41.8. The third-order valence-electron chi connectivity index (χ3n) is 3.41. The molecule has 6 nitrogen and oxygen atoms in total. The average Bonchev–Trinajstić information content (AvgIpc) is 2.81. The molecule has 2 heterocycles. The van der Waals surface area contributed by atoms with Crippen LogP contribution in [0.3, 0.4) is 0 Å². The van der Waals surface area contributed by atoms with Crippen LogP contribution in [0.4, 0.5) is 9.59 Å². The van der Waals surface area contributed by atoms with Crippen molar-refractivity contribution in [3.63, 3.8) is 0 Å². The van der Waals surface area contributed by atoms with E-state index >= 15 is 0 Å². The van der Waals surface area contributed by atoms with Gasteiger partial charge >= 0.3 is 12.3 Å². The van der Waals surface area contributed by atoms with Gasteiger partial charge in [-0.05, 0) is 19.3 Å². The molecule has 0 bridgehead atoms. The lowest BCUT2D eigenvalue weighted by atomic mass is 9.82. The van der Waals surface area contributed by atoms with Gasteiger partial charge in [-0.1, -0.05) is 0 Å². The first-order chi connectivity index (χ1) is 7.72. The van der Waals surface area contributed by atoms with Crippen LogP contribution in [0.2, 0.25) is 0 Å². The summed E-state index contributed by atoms with van der Waals surface area (Å²) in [6.45, 7) is 0.301. The predicted octanol–water partition coefficient (Wildman–Crippen LogP) is 1.23. The van der Waals surface area contributed by atoms with Crippen LogP contribution in [0.5, 0.6) is 0 Å². The Kier molecular flexibility index (Phi) is 2.15. The van der Waals surface area contributed by atoms with Crippen LogP contribution in [0.25, 0.3) is 0 Å². The molecule has 1 saturated carbocycles. The number of rotatable bonds is 1. The molecule has 2 saturated heterocycles. The topological polar surface area (TPSA) is 71.1 Å². The van der Waals surface area contributed by atoms with Crippen molar-refractivity contribution < 1.29 is 28.5 Å². The molecule has 0 aromatic heterocycles. The Morgan fingerprint density at radius 1 is 0.875 bits per heavy atom. The highest BCUT2D eigenvalue weighted by molar-refractivity contribution is 5.63. The van der Waals surface area contributed by atoms with Gasteiger partial charge in [-0.15, -0.1) is 0 Å². The van der Waals surface area contributed by atoms with Crippen molar-refractivity contribution in [2.45, 2.75) is 37.6 Å². The highest BCUT2D eigenvalue weighted by Gasteiger charge is 2.45. The SMILES string of the molecule is O=C1OCC(C2CCC3OC(=O)OC3C2)O1. The molecule has 0 spiro atoms. The fourth-order valence-electron chi connectivity index (χ4n) is 2.58. The van der Waals surface area contributed by atoms with Gasteiger partial charge in [-0.3, -0.25) is 0 Å². The maximum absolute atomic E-state index is 10.9. The number of ether oxygens (including phenoxy) is 4. The molecule has 0 radical (unpaired) electrons. The van der Waals surface area contributed by atoms with E-state index in [1.165, 1.54) is 0 Å². The smallest absolute Gasteiger partial charge is 0.430 e. The molecule has 88 valence electrons. The first kappa shape index (κ1) is 9.74. The molecule has 3 rings (SSSR count). The van der Waals surface area contributed by atoms with E-state index in [2.05, 4.69) is 0 Å². The minimum atomic E-state index is -0.605. The molecule has 16 heavy (non-hydrogen) atoms.